The monoisotopic (exact) mass is 224 g/mol. The fourth-order valence-corrected chi connectivity index (χ4v) is 1.45. The molecule has 0 radical (unpaired) electrons. The summed E-state index contributed by atoms with van der Waals surface area (Å²) in [6.45, 7) is 1.82. The highest BCUT2D eigenvalue weighted by Crippen LogP contribution is 2.11. The molecule has 2 amide bonds. The van der Waals surface area contributed by atoms with Crippen LogP contribution in [0.5, 0.6) is 0 Å². The molecule has 1 N–H and O–H groups in total. The predicted molar refractivity (Wildman–Crippen MR) is 58.6 cm³/mol. The number of nitrogens with zero attached hydrogens (tertiary/aromatic N) is 3. The maximum atomic E-state index is 11.6. The fraction of sp³-hybridized carbons (Fsp3) is 0.444. The van der Waals surface area contributed by atoms with E-state index in [1.807, 2.05) is 13.0 Å². The molecule has 1 aromatic heterocycles. The van der Waals surface area contributed by atoms with E-state index in [0.717, 1.165) is 0 Å². The topological polar surface area (TPSA) is 69.0 Å². The number of nitrogens with one attached hydrogen (secondary N) is 1. The number of rotatable bonds is 3. The maximum Gasteiger partial charge on any atom is 0.323 e. The first kappa shape index (κ1) is 11.5. The zero-order valence-corrected chi connectivity index (χ0v) is 9.41. The summed E-state index contributed by atoms with van der Waals surface area (Å²) in [6.07, 6.45) is 1.95. The lowest BCUT2D eigenvalue weighted by Gasteiger charge is -2.22. The molecule has 0 fully saturated rings. The van der Waals surface area contributed by atoms with E-state index in [4.69, 9.17) is 5.26 Å². The van der Waals surface area contributed by atoms with Crippen molar-refractivity contribution in [3.8, 4) is 6.07 Å². The molecule has 0 spiro atoms. The Morgan fingerprint density at radius 2 is 2.60 bits per heavy atom. The summed E-state index contributed by atoms with van der Waals surface area (Å²) in [5.41, 5.74) is 0. The second kappa shape index (κ2) is 5.32. The van der Waals surface area contributed by atoms with Gasteiger partial charge in [-0.15, -0.1) is 11.3 Å². The Labute approximate surface area is 92.3 Å². The second-order valence-electron chi connectivity index (χ2n) is 3.09. The fourth-order valence-electron chi connectivity index (χ4n) is 0.934. The molecule has 0 aliphatic rings. The van der Waals surface area contributed by atoms with Crippen LogP contribution in [0.25, 0.3) is 0 Å². The van der Waals surface area contributed by atoms with Crippen molar-refractivity contribution in [3.63, 3.8) is 0 Å². The number of nitriles is 1. The van der Waals surface area contributed by atoms with Gasteiger partial charge in [0.25, 0.3) is 0 Å². The van der Waals surface area contributed by atoms with E-state index in [9.17, 15) is 4.79 Å². The van der Waals surface area contributed by atoms with Crippen molar-refractivity contribution in [1.82, 2.24) is 9.88 Å². The highest BCUT2D eigenvalue weighted by molar-refractivity contribution is 7.13. The number of anilines is 1. The average Bonchev–Trinajstić information content (AvgIpc) is 2.69. The summed E-state index contributed by atoms with van der Waals surface area (Å²) in [5.74, 6) is 0. The summed E-state index contributed by atoms with van der Waals surface area (Å²) < 4.78 is 0. The van der Waals surface area contributed by atoms with Gasteiger partial charge >= 0.3 is 6.03 Å². The summed E-state index contributed by atoms with van der Waals surface area (Å²) in [7, 11) is 1.66. The Bertz CT molecular complexity index is 357. The highest BCUT2D eigenvalue weighted by atomic mass is 32.1. The van der Waals surface area contributed by atoms with Gasteiger partial charge in [-0.05, 0) is 6.92 Å². The number of amides is 2. The van der Waals surface area contributed by atoms with Crippen LogP contribution in [-0.2, 0) is 0 Å². The van der Waals surface area contributed by atoms with Crippen LogP contribution < -0.4 is 5.32 Å². The molecule has 1 rings (SSSR count). The molecule has 0 bridgehead atoms. The molecule has 15 heavy (non-hydrogen) atoms. The number of thiazole rings is 1. The summed E-state index contributed by atoms with van der Waals surface area (Å²) in [6, 6.07) is 1.68. The minimum atomic E-state index is -0.243. The molecular formula is C9H12N4OS. The minimum Gasteiger partial charge on any atom is -0.324 e. The van der Waals surface area contributed by atoms with Crippen molar-refractivity contribution >= 4 is 22.5 Å². The molecule has 0 saturated carbocycles. The maximum absolute atomic E-state index is 11.6. The van der Waals surface area contributed by atoms with Crippen LogP contribution >= 0.6 is 11.3 Å². The average molecular weight is 224 g/mol. The van der Waals surface area contributed by atoms with Gasteiger partial charge in [-0.1, -0.05) is 0 Å². The van der Waals surface area contributed by atoms with Crippen LogP contribution in [0.15, 0.2) is 11.6 Å². The van der Waals surface area contributed by atoms with Gasteiger partial charge in [0, 0.05) is 24.7 Å². The van der Waals surface area contributed by atoms with Crippen molar-refractivity contribution in [1.29, 1.82) is 5.26 Å². The van der Waals surface area contributed by atoms with Crippen LogP contribution in [0.4, 0.5) is 9.93 Å². The Morgan fingerprint density at radius 1 is 1.87 bits per heavy atom. The predicted octanol–water partition coefficient (Wildman–Crippen LogP) is 1.91. The zero-order chi connectivity index (χ0) is 11.3. The van der Waals surface area contributed by atoms with E-state index in [-0.39, 0.29) is 12.1 Å². The Kier molecular flexibility index (Phi) is 4.06. The van der Waals surface area contributed by atoms with Crippen LogP contribution in [0.3, 0.4) is 0 Å². The van der Waals surface area contributed by atoms with E-state index in [2.05, 4.69) is 10.3 Å². The van der Waals surface area contributed by atoms with Crippen LogP contribution in [0, 0.1) is 11.3 Å². The smallest absolute Gasteiger partial charge is 0.323 e. The number of aromatic nitrogens is 1. The second-order valence-corrected chi connectivity index (χ2v) is 3.98. The molecular weight excluding hydrogens is 212 g/mol. The van der Waals surface area contributed by atoms with Crippen molar-refractivity contribution in [2.75, 3.05) is 12.4 Å². The Morgan fingerprint density at radius 3 is 3.13 bits per heavy atom. The Balaban J connectivity index is 2.50. The molecule has 1 heterocycles. The number of carbonyl (C=O) groups excluding carboxylic acids is 1. The third-order valence-electron chi connectivity index (χ3n) is 2.01. The number of carbonyl (C=O) groups is 1. The first-order chi connectivity index (χ1) is 7.15. The first-order valence-electron chi connectivity index (χ1n) is 4.45. The number of hydrogen-bond donors (Lipinski definition) is 1. The van der Waals surface area contributed by atoms with Gasteiger partial charge in [0.2, 0.25) is 0 Å². The SMILES string of the molecule is C[C@H](CC#N)N(C)C(=O)Nc1nccs1. The molecule has 0 unspecified atom stereocenters. The van der Waals surface area contributed by atoms with Crippen molar-refractivity contribution in [3.05, 3.63) is 11.6 Å². The van der Waals surface area contributed by atoms with E-state index >= 15 is 0 Å². The van der Waals surface area contributed by atoms with E-state index in [0.29, 0.717) is 11.6 Å². The zero-order valence-electron chi connectivity index (χ0n) is 8.60. The van der Waals surface area contributed by atoms with E-state index in [1.165, 1.54) is 16.2 Å². The highest BCUT2D eigenvalue weighted by Gasteiger charge is 2.15. The quantitative estimate of drug-likeness (QED) is 0.852. The largest absolute Gasteiger partial charge is 0.324 e. The molecule has 0 aromatic carbocycles. The van der Waals surface area contributed by atoms with Crippen LogP contribution in [0.1, 0.15) is 13.3 Å². The molecule has 0 aliphatic carbocycles. The molecule has 0 saturated heterocycles. The summed E-state index contributed by atoms with van der Waals surface area (Å²) >= 11 is 1.36. The van der Waals surface area contributed by atoms with Crippen molar-refractivity contribution in [2.45, 2.75) is 19.4 Å². The molecule has 1 aromatic rings. The van der Waals surface area contributed by atoms with Crippen LogP contribution in [0.2, 0.25) is 0 Å². The van der Waals surface area contributed by atoms with Gasteiger partial charge in [-0.2, -0.15) is 5.26 Å². The van der Waals surface area contributed by atoms with Gasteiger partial charge in [-0.3, -0.25) is 5.32 Å². The van der Waals surface area contributed by atoms with E-state index < -0.39 is 0 Å². The van der Waals surface area contributed by atoms with E-state index in [1.54, 1.807) is 18.6 Å². The lowest BCUT2D eigenvalue weighted by Crippen LogP contribution is -2.38. The lowest BCUT2D eigenvalue weighted by atomic mass is 10.2. The third kappa shape index (κ3) is 3.22. The number of hydrogen-bond acceptors (Lipinski definition) is 4. The van der Waals surface area contributed by atoms with Crippen LogP contribution in [-0.4, -0.2) is 29.0 Å². The van der Waals surface area contributed by atoms with Crippen molar-refractivity contribution < 1.29 is 4.79 Å². The van der Waals surface area contributed by atoms with Gasteiger partial charge in [0.15, 0.2) is 5.13 Å². The van der Waals surface area contributed by atoms with Gasteiger partial charge in [-0.25, -0.2) is 9.78 Å². The normalized spacial score (nSPS) is 11.5. The standard InChI is InChI=1S/C9H12N4OS/c1-7(3-4-10)13(2)9(14)12-8-11-5-6-15-8/h5-7H,3H2,1-2H3,(H,11,12,14)/t7-/m1/s1. The molecule has 5 nitrogen and oxygen atoms in total. The summed E-state index contributed by atoms with van der Waals surface area (Å²) in [5, 5.41) is 13.5. The lowest BCUT2D eigenvalue weighted by molar-refractivity contribution is 0.208. The first-order valence-corrected chi connectivity index (χ1v) is 5.33. The molecule has 80 valence electrons. The van der Waals surface area contributed by atoms with Gasteiger partial charge in [0.1, 0.15) is 0 Å². The molecule has 0 aliphatic heterocycles. The molecule has 1 atom stereocenters. The summed E-state index contributed by atoms with van der Waals surface area (Å²) in [4.78, 5) is 17.0. The van der Waals surface area contributed by atoms with Gasteiger partial charge in [0.05, 0.1) is 12.5 Å². The Hall–Kier alpha value is -1.61. The third-order valence-corrected chi connectivity index (χ3v) is 2.70. The molecule has 6 heteroatoms. The minimum absolute atomic E-state index is 0.102. The number of urea groups is 1. The van der Waals surface area contributed by atoms with Gasteiger partial charge < -0.3 is 4.90 Å². The van der Waals surface area contributed by atoms with Crippen molar-refractivity contribution in [2.24, 2.45) is 0 Å².